The molecule has 6 aromatic rings. The van der Waals surface area contributed by atoms with Crippen LogP contribution in [0.3, 0.4) is 0 Å². The van der Waals surface area contributed by atoms with E-state index in [4.69, 9.17) is 9.31 Å². The molecule has 0 saturated heterocycles. The lowest BCUT2D eigenvalue weighted by Crippen LogP contribution is -2.46. The van der Waals surface area contributed by atoms with Gasteiger partial charge < -0.3 is 9.31 Å². The summed E-state index contributed by atoms with van der Waals surface area (Å²) < 4.78 is 249. The molecule has 0 amide bonds. The molecule has 0 aliphatic heterocycles. The molecule has 7 rings (SSSR count). The molecule has 0 N–H and O–H groups in total. The molecule has 0 aromatic heterocycles. The molecule has 1 aliphatic rings. The summed E-state index contributed by atoms with van der Waals surface area (Å²) in [4.78, 5) is 0. The van der Waals surface area contributed by atoms with Crippen LogP contribution in [0.15, 0.2) is 30.3 Å². The summed E-state index contributed by atoms with van der Waals surface area (Å²) in [5, 5.41) is -8.67. The molecule has 266 valence electrons. The second kappa shape index (κ2) is 12.0. The van der Waals surface area contributed by atoms with Crippen molar-refractivity contribution >= 4 is 34.1 Å². The van der Waals surface area contributed by atoms with E-state index in [1.807, 2.05) is 0 Å². The maximum atomic E-state index is 16.2. The molecule has 0 atom stereocenters. The molecular formula is C33H7BF16O2. The molecule has 19 heteroatoms. The smallest absolute Gasteiger partial charge is 0.520 e. The van der Waals surface area contributed by atoms with Crippen molar-refractivity contribution in [2.24, 2.45) is 0 Å². The number of rotatable bonds is 5. The molecule has 0 heterocycles. The number of fused-ring (bicyclic) bond motifs is 5. The van der Waals surface area contributed by atoms with E-state index >= 15 is 35.1 Å². The molecule has 6 aromatic carbocycles. The fourth-order valence-electron chi connectivity index (χ4n) is 6.01. The zero-order chi connectivity index (χ0) is 37.8. The van der Waals surface area contributed by atoms with Gasteiger partial charge in [0, 0.05) is 28.5 Å². The molecule has 0 radical (unpaired) electrons. The van der Waals surface area contributed by atoms with Gasteiger partial charge in [-0.05, 0) is 23.8 Å². The Kier molecular flexibility index (Phi) is 8.02. The monoisotopic (exact) mass is 750 g/mol. The molecule has 0 fully saturated rings. The van der Waals surface area contributed by atoms with Crippen LogP contribution in [0, 0.1) is 93.1 Å². The molecule has 2 nitrogen and oxygen atoms in total. The number of hydrogen-bond acceptors (Lipinski definition) is 2. The molecule has 0 saturated carbocycles. The minimum absolute atomic E-state index is 0.142. The van der Waals surface area contributed by atoms with Crippen molar-refractivity contribution in [3.05, 3.63) is 135 Å². The van der Waals surface area contributed by atoms with E-state index in [0.717, 1.165) is 18.2 Å². The fourth-order valence-corrected chi connectivity index (χ4v) is 6.01. The maximum absolute atomic E-state index is 16.2. The molecule has 52 heavy (non-hydrogen) atoms. The van der Waals surface area contributed by atoms with Crippen LogP contribution in [-0.2, 0) is 6.42 Å². The van der Waals surface area contributed by atoms with Crippen LogP contribution in [0.1, 0.15) is 11.1 Å². The van der Waals surface area contributed by atoms with Gasteiger partial charge in [0.25, 0.3) is 0 Å². The van der Waals surface area contributed by atoms with E-state index in [1.54, 1.807) is 0 Å². The van der Waals surface area contributed by atoms with Gasteiger partial charge in [0.2, 0.25) is 11.6 Å². The highest BCUT2D eigenvalue weighted by Crippen LogP contribution is 2.47. The van der Waals surface area contributed by atoms with E-state index in [-0.39, 0.29) is 17.7 Å². The Morgan fingerprint density at radius 1 is 0.404 bits per heavy atom. The van der Waals surface area contributed by atoms with E-state index in [0.29, 0.717) is 0 Å². The summed E-state index contributed by atoms with van der Waals surface area (Å²) in [6.07, 6.45) is -0.748. The van der Waals surface area contributed by atoms with Gasteiger partial charge in [-0.15, -0.1) is 0 Å². The molecule has 0 bridgehead atoms. The minimum atomic E-state index is -3.40. The first-order valence-electron chi connectivity index (χ1n) is 14.1. The largest absolute Gasteiger partial charge is 0.636 e. The number of benzene rings is 6. The Labute approximate surface area is 277 Å². The van der Waals surface area contributed by atoms with Gasteiger partial charge in [0.15, 0.2) is 64.0 Å². The lowest BCUT2D eigenvalue weighted by atomic mass is 9.73. The molecule has 0 spiro atoms. The van der Waals surface area contributed by atoms with Crippen molar-refractivity contribution in [1.29, 1.82) is 0 Å². The number of halogens is 16. The zero-order valence-corrected chi connectivity index (χ0v) is 24.5. The lowest BCUT2D eigenvalue weighted by Gasteiger charge is -2.23. The Morgan fingerprint density at radius 3 is 1.56 bits per heavy atom. The summed E-state index contributed by atoms with van der Waals surface area (Å²) in [5.74, 6) is -42.3. The van der Waals surface area contributed by atoms with E-state index < -0.39 is 162 Å². The normalized spacial score (nSPS) is 12.2. The summed E-state index contributed by atoms with van der Waals surface area (Å²) in [7, 11) is -3.40. The Bertz CT molecular complexity index is 2590. The van der Waals surface area contributed by atoms with Gasteiger partial charge in [-0.2, -0.15) is 8.78 Å². The highest BCUT2D eigenvalue weighted by molar-refractivity contribution is 6.66. The van der Waals surface area contributed by atoms with Gasteiger partial charge >= 0.3 is 7.12 Å². The van der Waals surface area contributed by atoms with Gasteiger partial charge in [-0.25, -0.2) is 61.5 Å². The molecule has 0 unspecified atom stereocenters. The van der Waals surface area contributed by atoms with E-state index in [9.17, 15) is 35.1 Å². The average molecular weight is 750 g/mol. The predicted molar refractivity (Wildman–Crippen MR) is 149 cm³/mol. The summed E-state index contributed by atoms with van der Waals surface area (Å²) in [5.41, 5.74) is -4.82. The third-order valence-electron chi connectivity index (χ3n) is 8.30. The van der Waals surface area contributed by atoms with Crippen molar-refractivity contribution in [2.45, 2.75) is 6.42 Å². The van der Waals surface area contributed by atoms with Crippen LogP contribution in [0.25, 0.3) is 32.7 Å². The highest BCUT2D eigenvalue weighted by Gasteiger charge is 2.43. The van der Waals surface area contributed by atoms with Crippen LogP contribution in [0.4, 0.5) is 70.2 Å². The van der Waals surface area contributed by atoms with Gasteiger partial charge in [0.1, 0.15) is 29.0 Å². The Balaban J connectivity index is 1.60. The van der Waals surface area contributed by atoms with Crippen LogP contribution < -0.4 is 14.8 Å². The topological polar surface area (TPSA) is 18.5 Å². The third kappa shape index (κ3) is 4.70. The van der Waals surface area contributed by atoms with Gasteiger partial charge in [-0.1, -0.05) is 12.1 Å². The van der Waals surface area contributed by atoms with Crippen molar-refractivity contribution in [3.63, 3.8) is 0 Å². The highest BCUT2D eigenvalue weighted by atomic mass is 19.2. The summed E-state index contributed by atoms with van der Waals surface area (Å²) >= 11 is 0. The average Bonchev–Trinajstić information content (AvgIpc) is 3.51. The van der Waals surface area contributed by atoms with Crippen LogP contribution in [-0.4, -0.2) is 7.12 Å². The van der Waals surface area contributed by atoms with E-state index in [2.05, 4.69) is 0 Å². The summed E-state index contributed by atoms with van der Waals surface area (Å²) in [6, 6.07) is 3.35. The van der Waals surface area contributed by atoms with Crippen molar-refractivity contribution < 1.29 is 79.6 Å². The van der Waals surface area contributed by atoms with Gasteiger partial charge in [-0.3, -0.25) is 0 Å². The first kappa shape index (κ1) is 34.8. The predicted octanol–water partition coefficient (Wildman–Crippen LogP) is 9.64. The Morgan fingerprint density at radius 2 is 0.942 bits per heavy atom. The van der Waals surface area contributed by atoms with Crippen molar-refractivity contribution in [2.75, 3.05) is 0 Å². The quantitative estimate of drug-likeness (QED) is 0.0574. The lowest BCUT2D eigenvalue weighted by molar-refractivity contribution is 0.368. The van der Waals surface area contributed by atoms with E-state index in [1.165, 1.54) is 0 Å². The second-order valence-corrected chi connectivity index (χ2v) is 11.1. The second-order valence-electron chi connectivity index (χ2n) is 11.1. The number of hydrogen-bond donors (Lipinski definition) is 0. The fraction of sp³-hybridized carbons (Fsp3) is 0.0303. The first-order valence-corrected chi connectivity index (χ1v) is 14.1. The Hall–Kier alpha value is -5.62. The van der Waals surface area contributed by atoms with Crippen LogP contribution in [0.2, 0.25) is 0 Å². The van der Waals surface area contributed by atoms with Gasteiger partial charge in [0.05, 0.1) is 21.6 Å². The maximum Gasteiger partial charge on any atom is 0.636 e. The standard InChI is InChI=1S/C33H7BF16O2/c35-9-3-1-2-7-6-8-13(12(7)9)23(41)31(49)32(50)33(8)52-34(51-11-5-4-10(36)19(37)20(11)38)18-14-15(24(42)28(46)27(18)45)22(40)17-16(21(14)39)25(43)29(47)30(48)26(17)44/h1-5H,6H2. The minimum Gasteiger partial charge on any atom is -0.520 e. The molecular weight excluding hydrogens is 743 g/mol. The van der Waals surface area contributed by atoms with Crippen LogP contribution >= 0.6 is 0 Å². The molecule has 1 aliphatic carbocycles. The summed E-state index contributed by atoms with van der Waals surface area (Å²) in [6.45, 7) is 0. The zero-order valence-electron chi connectivity index (χ0n) is 24.5. The van der Waals surface area contributed by atoms with Crippen LogP contribution in [0.5, 0.6) is 11.5 Å². The first-order chi connectivity index (χ1) is 24.5. The van der Waals surface area contributed by atoms with Crippen molar-refractivity contribution in [3.8, 4) is 22.6 Å². The van der Waals surface area contributed by atoms with Crippen molar-refractivity contribution in [1.82, 2.24) is 0 Å². The SMILES string of the molecule is Fc1ccc(OB(Oc2c(F)c(F)c(F)c3c2Cc2cccc(F)c2-3)c2c(F)c(F)c(F)c3c(F)c4c(F)c(F)c(F)c(F)c4c(F)c23)c(F)c1F. The third-order valence-corrected chi connectivity index (χ3v) is 8.30.